The van der Waals surface area contributed by atoms with Crippen LogP contribution in [0.5, 0.6) is 0 Å². The Morgan fingerprint density at radius 2 is 1.83 bits per heavy atom. The fourth-order valence-corrected chi connectivity index (χ4v) is 2.63. The Morgan fingerprint density at radius 1 is 1.11 bits per heavy atom. The van der Waals surface area contributed by atoms with Crippen molar-refractivity contribution in [1.82, 2.24) is 9.13 Å². The molecule has 3 aromatic rings. The van der Waals surface area contributed by atoms with Crippen molar-refractivity contribution in [1.29, 1.82) is 0 Å². The van der Waals surface area contributed by atoms with Gasteiger partial charge in [0.1, 0.15) is 5.69 Å². The van der Waals surface area contributed by atoms with Gasteiger partial charge in [0.05, 0.1) is 16.6 Å². The molecule has 3 rings (SSSR count). The van der Waals surface area contributed by atoms with Gasteiger partial charge in [-0.05, 0) is 25.1 Å². The number of benzene rings is 1. The first-order chi connectivity index (χ1) is 8.50. The van der Waals surface area contributed by atoms with E-state index in [1.807, 2.05) is 18.5 Å². The van der Waals surface area contributed by atoms with Crippen molar-refractivity contribution in [3.05, 3.63) is 35.5 Å². The van der Waals surface area contributed by atoms with Crippen LogP contribution < -0.4 is 0 Å². The summed E-state index contributed by atoms with van der Waals surface area (Å²) in [6.07, 6.45) is 0. The van der Waals surface area contributed by atoms with Crippen molar-refractivity contribution in [2.24, 2.45) is 14.1 Å². The second kappa shape index (κ2) is 3.38. The summed E-state index contributed by atoms with van der Waals surface area (Å²) in [7, 11) is 3.76. The van der Waals surface area contributed by atoms with Crippen LogP contribution in [0.3, 0.4) is 0 Å². The highest BCUT2D eigenvalue weighted by atomic mass is 16.4. The van der Waals surface area contributed by atoms with E-state index in [1.54, 1.807) is 17.7 Å². The Bertz CT molecular complexity index is 793. The van der Waals surface area contributed by atoms with E-state index in [2.05, 4.69) is 18.2 Å². The zero-order valence-electron chi connectivity index (χ0n) is 10.6. The monoisotopic (exact) mass is 242 g/mol. The molecule has 2 aromatic heterocycles. The summed E-state index contributed by atoms with van der Waals surface area (Å²) in [5.74, 6) is -0.894. The molecule has 4 nitrogen and oxygen atoms in total. The second-order valence-electron chi connectivity index (χ2n) is 4.71. The lowest BCUT2D eigenvalue weighted by Crippen LogP contribution is -2.03. The number of aryl methyl sites for hydroxylation is 3. The van der Waals surface area contributed by atoms with E-state index in [9.17, 15) is 9.90 Å². The molecule has 0 bridgehead atoms. The third-order valence-electron chi connectivity index (χ3n) is 3.56. The fraction of sp³-hybridized carbons (Fsp3) is 0.214. The Hall–Kier alpha value is -2.23. The number of nitrogens with zero attached hydrogens (tertiary/aromatic N) is 2. The number of hydrogen-bond donors (Lipinski definition) is 1. The SMILES string of the molecule is Cc1ccc2c(c1)c1c(cc(C(=O)O)n1C)n2C. The Labute approximate surface area is 104 Å². The molecule has 0 fully saturated rings. The number of carbonyl (C=O) groups is 1. The van der Waals surface area contributed by atoms with Crippen LogP contribution in [0.1, 0.15) is 16.1 Å². The van der Waals surface area contributed by atoms with Gasteiger partial charge in [-0.15, -0.1) is 0 Å². The van der Waals surface area contributed by atoms with Crippen molar-refractivity contribution < 1.29 is 9.90 Å². The lowest BCUT2D eigenvalue weighted by atomic mass is 10.2. The van der Waals surface area contributed by atoms with Gasteiger partial charge in [-0.3, -0.25) is 0 Å². The molecule has 4 heteroatoms. The van der Waals surface area contributed by atoms with Crippen molar-refractivity contribution in [2.45, 2.75) is 6.92 Å². The smallest absolute Gasteiger partial charge is 0.352 e. The van der Waals surface area contributed by atoms with Gasteiger partial charge in [-0.2, -0.15) is 0 Å². The number of carboxylic acid groups (broad SMARTS) is 1. The lowest BCUT2D eigenvalue weighted by Gasteiger charge is -2.01. The van der Waals surface area contributed by atoms with E-state index in [4.69, 9.17) is 0 Å². The first-order valence-electron chi connectivity index (χ1n) is 5.78. The zero-order chi connectivity index (χ0) is 13.0. The first kappa shape index (κ1) is 10.9. The van der Waals surface area contributed by atoms with Gasteiger partial charge in [0.15, 0.2) is 0 Å². The third-order valence-corrected chi connectivity index (χ3v) is 3.56. The summed E-state index contributed by atoms with van der Waals surface area (Å²) in [5, 5.41) is 10.3. The highest BCUT2D eigenvalue weighted by molar-refractivity contribution is 6.09. The molecular formula is C14H14N2O2. The molecule has 2 heterocycles. The quantitative estimate of drug-likeness (QED) is 0.713. The van der Waals surface area contributed by atoms with Crippen LogP contribution in [-0.4, -0.2) is 20.2 Å². The number of fused-ring (bicyclic) bond motifs is 3. The van der Waals surface area contributed by atoms with Crippen molar-refractivity contribution in [2.75, 3.05) is 0 Å². The van der Waals surface area contributed by atoms with Gasteiger partial charge < -0.3 is 14.2 Å². The van der Waals surface area contributed by atoms with E-state index in [-0.39, 0.29) is 0 Å². The van der Waals surface area contributed by atoms with E-state index in [1.165, 1.54) is 5.56 Å². The minimum Gasteiger partial charge on any atom is -0.477 e. The number of rotatable bonds is 1. The number of aromatic carboxylic acids is 1. The fourth-order valence-electron chi connectivity index (χ4n) is 2.63. The minimum atomic E-state index is -0.894. The first-order valence-corrected chi connectivity index (χ1v) is 5.78. The van der Waals surface area contributed by atoms with Crippen LogP contribution in [0, 0.1) is 6.92 Å². The Morgan fingerprint density at radius 3 is 2.50 bits per heavy atom. The average Bonchev–Trinajstić information content (AvgIpc) is 2.77. The highest BCUT2D eigenvalue weighted by Gasteiger charge is 2.17. The predicted octanol–water partition coefficient (Wildman–Crippen LogP) is 2.68. The summed E-state index contributed by atoms with van der Waals surface area (Å²) >= 11 is 0. The maximum atomic E-state index is 11.2. The topological polar surface area (TPSA) is 47.2 Å². The molecule has 0 aliphatic heterocycles. The van der Waals surface area contributed by atoms with E-state index in [0.717, 1.165) is 21.9 Å². The van der Waals surface area contributed by atoms with Gasteiger partial charge >= 0.3 is 5.97 Å². The van der Waals surface area contributed by atoms with Gasteiger partial charge in [0.25, 0.3) is 0 Å². The molecule has 1 aromatic carbocycles. The van der Waals surface area contributed by atoms with Gasteiger partial charge in [0, 0.05) is 19.5 Å². The van der Waals surface area contributed by atoms with Gasteiger partial charge in [0.2, 0.25) is 0 Å². The second-order valence-corrected chi connectivity index (χ2v) is 4.71. The van der Waals surface area contributed by atoms with Crippen LogP contribution in [0.25, 0.3) is 21.9 Å². The van der Waals surface area contributed by atoms with E-state index >= 15 is 0 Å². The lowest BCUT2D eigenvalue weighted by molar-refractivity contribution is 0.0687. The number of aromatic nitrogens is 2. The molecule has 0 aliphatic carbocycles. The molecule has 0 unspecified atom stereocenters. The van der Waals surface area contributed by atoms with Crippen LogP contribution in [0.15, 0.2) is 24.3 Å². The minimum absolute atomic E-state index is 0.319. The standard InChI is InChI=1S/C14H14N2O2/c1-8-4-5-10-9(6-8)13-11(15(10)2)7-12(14(17)18)16(13)3/h4-7H,1-3H3,(H,17,18). The van der Waals surface area contributed by atoms with Crippen molar-refractivity contribution in [3.63, 3.8) is 0 Å². The molecule has 1 N–H and O–H groups in total. The molecule has 0 saturated carbocycles. The van der Waals surface area contributed by atoms with Crippen LogP contribution in [0.2, 0.25) is 0 Å². The Balaban J connectivity index is 2.55. The molecule has 0 amide bonds. The Kier molecular flexibility index (Phi) is 2.05. The maximum Gasteiger partial charge on any atom is 0.352 e. The highest BCUT2D eigenvalue weighted by Crippen LogP contribution is 2.30. The summed E-state index contributed by atoms with van der Waals surface area (Å²) in [6.45, 7) is 2.04. The maximum absolute atomic E-state index is 11.2. The largest absolute Gasteiger partial charge is 0.477 e. The van der Waals surface area contributed by atoms with Crippen LogP contribution >= 0.6 is 0 Å². The average molecular weight is 242 g/mol. The molecular weight excluding hydrogens is 228 g/mol. The van der Waals surface area contributed by atoms with Crippen LogP contribution in [-0.2, 0) is 14.1 Å². The molecule has 0 atom stereocenters. The normalized spacial score (nSPS) is 11.5. The molecule has 92 valence electrons. The van der Waals surface area contributed by atoms with Crippen LogP contribution in [0.4, 0.5) is 0 Å². The summed E-state index contributed by atoms with van der Waals surface area (Å²) in [6, 6.07) is 7.97. The molecule has 0 radical (unpaired) electrons. The van der Waals surface area contributed by atoms with Crippen molar-refractivity contribution in [3.8, 4) is 0 Å². The molecule has 0 spiro atoms. The van der Waals surface area contributed by atoms with E-state index in [0.29, 0.717) is 5.69 Å². The van der Waals surface area contributed by atoms with Crippen molar-refractivity contribution >= 4 is 27.9 Å². The number of hydrogen-bond acceptors (Lipinski definition) is 1. The summed E-state index contributed by atoms with van der Waals surface area (Å²) in [4.78, 5) is 11.2. The third kappa shape index (κ3) is 1.23. The molecule has 0 aliphatic rings. The predicted molar refractivity (Wildman–Crippen MR) is 71.1 cm³/mol. The molecule has 18 heavy (non-hydrogen) atoms. The summed E-state index contributed by atoms with van der Waals surface area (Å²) in [5.41, 5.74) is 4.55. The van der Waals surface area contributed by atoms with Gasteiger partial charge in [-0.1, -0.05) is 11.6 Å². The summed E-state index contributed by atoms with van der Waals surface area (Å²) < 4.78 is 3.79. The molecule has 0 saturated heterocycles. The zero-order valence-corrected chi connectivity index (χ0v) is 10.6. The van der Waals surface area contributed by atoms with Gasteiger partial charge in [-0.25, -0.2) is 4.79 Å². The number of carboxylic acids is 1. The van der Waals surface area contributed by atoms with E-state index < -0.39 is 5.97 Å².